The zero-order chi connectivity index (χ0) is 31.7. The van der Waals surface area contributed by atoms with Crippen molar-refractivity contribution in [3.63, 3.8) is 0 Å². The number of rotatable bonds is 8. The normalized spacial score (nSPS) is 18.7. The van der Waals surface area contributed by atoms with Crippen molar-refractivity contribution in [2.45, 2.75) is 32.4 Å². The second-order valence-corrected chi connectivity index (χ2v) is 11.5. The van der Waals surface area contributed by atoms with Crippen LogP contribution in [0.2, 0.25) is 0 Å². The van der Waals surface area contributed by atoms with Gasteiger partial charge >= 0.3 is 6.03 Å². The van der Waals surface area contributed by atoms with Crippen LogP contribution in [0.3, 0.4) is 0 Å². The Morgan fingerprint density at radius 2 is 1.84 bits per heavy atom. The predicted molar refractivity (Wildman–Crippen MR) is 170 cm³/mol. The van der Waals surface area contributed by atoms with Gasteiger partial charge in [-0.25, -0.2) is 14.2 Å². The molecular weight excluding hydrogens is 579 g/mol. The number of methoxy groups -OCH3 is 2. The van der Waals surface area contributed by atoms with Crippen LogP contribution in [0.4, 0.5) is 38.0 Å². The number of ether oxygens (including phenoxy) is 2. The molecule has 0 radical (unpaired) electrons. The first-order valence-corrected chi connectivity index (χ1v) is 15.3. The number of hydrogen-bond acceptors (Lipinski definition) is 9. The first kappa shape index (κ1) is 30.4. The van der Waals surface area contributed by atoms with E-state index in [9.17, 15) is 9.59 Å². The van der Waals surface area contributed by atoms with Crippen LogP contribution in [0, 0.1) is 5.82 Å². The van der Waals surface area contributed by atoms with Crippen molar-refractivity contribution in [2.75, 3.05) is 80.6 Å². The number of likely N-dealkylation sites (N-methyl/N-ethyl adjacent to an activating group) is 1. The SMILES string of the molecule is CCC(=O)N1CC[C@H](N2C(=O)N(c3cc(OC)ccc3F)Cc3cnc(Nc4ccc(N5CCN(C)CC5)c(OC)c4)nc32)C1. The highest BCUT2D eigenvalue weighted by atomic mass is 19.1. The number of carbonyl (C=O) groups excluding carboxylic acids is 2. The average molecular weight is 619 g/mol. The van der Waals surface area contributed by atoms with Crippen molar-refractivity contribution in [3.8, 4) is 11.5 Å². The first-order valence-electron chi connectivity index (χ1n) is 15.3. The van der Waals surface area contributed by atoms with Crippen molar-refractivity contribution in [1.82, 2.24) is 19.8 Å². The number of carbonyl (C=O) groups is 2. The fourth-order valence-corrected chi connectivity index (χ4v) is 6.18. The molecule has 1 atom stereocenters. The van der Waals surface area contributed by atoms with E-state index >= 15 is 4.39 Å². The maximum atomic E-state index is 15.1. The molecule has 0 unspecified atom stereocenters. The Balaban J connectivity index is 1.32. The Kier molecular flexibility index (Phi) is 8.61. The third-order valence-corrected chi connectivity index (χ3v) is 8.74. The molecule has 45 heavy (non-hydrogen) atoms. The molecule has 13 heteroatoms. The number of piperazine rings is 1. The number of aromatic nitrogens is 2. The molecular formula is C32H39FN8O4. The summed E-state index contributed by atoms with van der Waals surface area (Å²) in [5.74, 6) is 1.39. The third kappa shape index (κ3) is 6.04. The predicted octanol–water partition coefficient (Wildman–Crippen LogP) is 4.09. The van der Waals surface area contributed by atoms with Gasteiger partial charge in [0.15, 0.2) is 0 Å². The van der Waals surface area contributed by atoms with Gasteiger partial charge in [-0.1, -0.05) is 6.92 Å². The third-order valence-electron chi connectivity index (χ3n) is 8.74. The number of amides is 3. The first-order chi connectivity index (χ1) is 21.8. The van der Waals surface area contributed by atoms with Crippen LogP contribution in [0.25, 0.3) is 0 Å². The second kappa shape index (κ2) is 12.8. The van der Waals surface area contributed by atoms with Crippen molar-refractivity contribution in [3.05, 3.63) is 54.0 Å². The molecule has 2 saturated heterocycles. The van der Waals surface area contributed by atoms with Gasteiger partial charge in [0, 0.05) is 75.3 Å². The van der Waals surface area contributed by atoms with Crippen LogP contribution in [-0.4, -0.2) is 98.3 Å². The van der Waals surface area contributed by atoms with Gasteiger partial charge in [-0.2, -0.15) is 4.98 Å². The van der Waals surface area contributed by atoms with Gasteiger partial charge in [0.05, 0.1) is 38.2 Å². The molecule has 6 rings (SSSR count). The minimum Gasteiger partial charge on any atom is -0.497 e. The molecule has 12 nitrogen and oxygen atoms in total. The van der Waals surface area contributed by atoms with Gasteiger partial charge < -0.3 is 29.5 Å². The number of likely N-dealkylation sites (tertiary alicyclic amines) is 1. The van der Waals surface area contributed by atoms with E-state index in [1.807, 2.05) is 25.1 Å². The lowest BCUT2D eigenvalue weighted by molar-refractivity contribution is -0.129. The lowest BCUT2D eigenvalue weighted by atomic mass is 10.1. The summed E-state index contributed by atoms with van der Waals surface area (Å²) in [5, 5.41) is 3.27. The average Bonchev–Trinajstić information content (AvgIpc) is 3.55. The molecule has 1 N–H and O–H groups in total. The van der Waals surface area contributed by atoms with Gasteiger partial charge in [-0.05, 0) is 37.7 Å². The number of hydrogen-bond donors (Lipinski definition) is 1. The molecule has 3 aliphatic rings. The van der Waals surface area contributed by atoms with Crippen molar-refractivity contribution < 1.29 is 23.5 Å². The molecule has 238 valence electrons. The van der Waals surface area contributed by atoms with E-state index in [1.54, 1.807) is 23.1 Å². The molecule has 0 bridgehead atoms. The Morgan fingerprint density at radius 3 is 2.58 bits per heavy atom. The number of nitrogens with zero attached hydrogens (tertiary/aromatic N) is 7. The zero-order valence-electron chi connectivity index (χ0n) is 26.1. The maximum absolute atomic E-state index is 15.1. The number of fused-ring (bicyclic) bond motifs is 1. The van der Waals surface area contributed by atoms with Crippen LogP contribution >= 0.6 is 0 Å². The number of nitrogens with one attached hydrogen (secondary N) is 1. The van der Waals surface area contributed by atoms with E-state index in [4.69, 9.17) is 14.5 Å². The molecule has 2 fully saturated rings. The number of benzene rings is 2. The van der Waals surface area contributed by atoms with Crippen LogP contribution in [-0.2, 0) is 11.3 Å². The smallest absolute Gasteiger partial charge is 0.330 e. The monoisotopic (exact) mass is 618 g/mol. The Hall–Kier alpha value is -4.65. The fraction of sp³-hybridized carbons (Fsp3) is 0.438. The van der Waals surface area contributed by atoms with E-state index in [2.05, 4.69) is 27.1 Å². The van der Waals surface area contributed by atoms with E-state index in [-0.39, 0.29) is 24.2 Å². The van der Waals surface area contributed by atoms with Crippen molar-refractivity contribution >= 4 is 40.8 Å². The molecule has 0 saturated carbocycles. The number of anilines is 5. The van der Waals surface area contributed by atoms with Gasteiger partial charge in [-0.15, -0.1) is 0 Å². The van der Waals surface area contributed by atoms with Gasteiger partial charge in [0.2, 0.25) is 11.9 Å². The highest BCUT2D eigenvalue weighted by Gasteiger charge is 2.41. The topological polar surface area (TPSA) is 107 Å². The molecule has 0 aliphatic carbocycles. The summed E-state index contributed by atoms with van der Waals surface area (Å²) < 4.78 is 26.2. The lowest BCUT2D eigenvalue weighted by Gasteiger charge is -2.39. The second-order valence-electron chi connectivity index (χ2n) is 11.5. The Labute approximate surface area is 262 Å². The standard InChI is InChI=1S/C32H39FN8O4/c1-5-29(42)39-11-10-23(20-39)41-30-21(19-40(32(41)43)27-17-24(44-3)7-8-25(27)33)18-34-31(36-30)35-22-6-9-26(28(16-22)45-4)38-14-12-37(2)13-15-38/h6-9,16-18,23H,5,10-15,19-20H2,1-4H3,(H,34,35,36)/t23-/m0/s1. The van der Waals surface area contributed by atoms with Crippen molar-refractivity contribution in [1.29, 1.82) is 0 Å². The van der Waals surface area contributed by atoms with Gasteiger partial charge in [0.1, 0.15) is 23.1 Å². The lowest BCUT2D eigenvalue weighted by Crippen LogP contribution is -2.53. The van der Waals surface area contributed by atoms with E-state index < -0.39 is 11.8 Å². The summed E-state index contributed by atoms with van der Waals surface area (Å²) in [6.45, 7) is 6.58. The van der Waals surface area contributed by atoms with E-state index in [0.29, 0.717) is 49.0 Å². The molecule has 3 aromatic rings. The molecule has 3 amide bonds. The van der Waals surface area contributed by atoms with Crippen LogP contribution in [0.5, 0.6) is 11.5 Å². The summed E-state index contributed by atoms with van der Waals surface area (Å²) >= 11 is 0. The molecule has 4 heterocycles. The highest BCUT2D eigenvalue weighted by Crippen LogP contribution is 2.37. The molecule has 2 aromatic carbocycles. The Bertz CT molecular complexity index is 1580. The molecule has 3 aliphatic heterocycles. The summed E-state index contributed by atoms with van der Waals surface area (Å²) in [7, 11) is 5.27. The minimum atomic E-state index is -0.546. The summed E-state index contributed by atoms with van der Waals surface area (Å²) in [6.07, 6.45) is 2.61. The van der Waals surface area contributed by atoms with Gasteiger partial charge in [-0.3, -0.25) is 14.6 Å². The maximum Gasteiger partial charge on any atom is 0.330 e. The van der Waals surface area contributed by atoms with E-state index in [1.165, 1.54) is 30.2 Å². The number of urea groups is 1. The quantitative estimate of drug-likeness (QED) is 0.400. The van der Waals surface area contributed by atoms with Crippen molar-refractivity contribution in [2.24, 2.45) is 0 Å². The van der Waals surface area contributed by atoms with Crippen LogP contribution < -0.4 is 29.5 Å². The zero-order valence-corrected chi connectivity index (χ0v) is 26.1. The van der Waals surface area contributed by atoms with E-state index in [0.717, 1.165) is 43.3 Å². The summed E-state index contributed by atoms with van der Waals surface area (Å²) in [4.78, 5) is 45.4. The number of halogens is 1. The summed E-state index contributed by atoms with van der Waals surface area (Å²) in [5.41, 5.74) is 2.52. The Morgan fingerprint density at radius 1 is 1.04 bits per heavy atom. The largest absolute Gasteiger partial charge is 0.497 e. The fourth-order valence-electron chi connectivity index (χ4n) is 6.18. The highest BCUT2D eigenvalue weighted by molar-refractivity contribution is 6.06. The van der Waals surface area contributed by atoms with Crippen LogP contribution in [0.15, 0.2) is 42.6 Å². The van der Waals surface area contributed by atoms with Crippen LogP contribution in [0.1, 0.15) is 25.3 Å². The summed E-state index contributed by atoms with van der Waals surface area (Å²) in [6, 6.07) is 9.44. The molecule has 0 spiro atoms. The molecule has 1 aromatic heterocycles. The minimum absolute atomic E-state index is 0.0249. The van der Waals surface area contributed by atoms with Gasteiger partial charge in [0.25, 0.3) is 0 Å².